The predicted molar refractivity (Wildman–Crippen MR) is 453 cm³/mol. The van der Waals surface area contributed by atoms with E-state index in [1.165, 1.54) is 46.2 Å². The zero-order chi connectivity index (χ0) is 76.5. The smallest absolute Gasteiger partial charge is 0.379 e. The molecule has 32 heteroatoms. The van der Waals surface area contributed by atoms with Gasteiger partial charge in [0.15, 0.2) is 28.8 Å². The molecule has 10 heterocycles. The highest BCUT2D eigenvalue weighted by molar-refractivity contribution is 7.18. The number of aromatic carboxylic acids is 2. The number of nitrogens with zero attached hydrogens (tertiary/aromatic N) is 13. The van der Waals surface area contributed by atoms with Crippen molar-refractivity contribution in [3.8, 4) is 34.2 Å². The fourth-order valence-corrected chi connectivity index (χ4v) is 14.4. The Kier molecular flexibility index (Phi) is 32.9. The third-order valence-corrected chi connectivity index (χ3v) is 20.1. The summed E-state index contributed by atoms with van der Waals surface area (Å²) in [5.41, 5.74) is 23.3. The summed E-state index contributed by atoms with van der Waals surface area (Å²) >= 11 is 9.06. The molecule has 0 saturated heterocycles. The van der Waals surface area contributed by atoms with Gasteiger partial charge in [-0.25, -0.2) is 73.5 Å². The molecule has 0 aliphatic rings. The molecule has 0 atom stereocenters. The van der Waals surface area contributed by atoms with Crippen LogP contribution >= 0.6 is 68.0 Å². The van der Waals surface area contributed by atoms with Crippen molar-refractivity contribution in [2.45, 2.75) is 71.8 Å². The van der Waals surface area contributed by atoms with Crippen molar-refractivity contribution >= 4 is 176 Å². The van der Waals surface area contributed by atoms with Gasteiger partial charge in [0.1, 0.15) is 5.76 Å². The minimum Gasteiger partial charge on any atom is -0.507 e. The molecule has 1 amide bonds. The molecule has 113 heavy (non-hydrogen) atoms. The standard InChI is InChI=1S/C19H16N4O2S.C17H12N4O2S.C13H11NO4S.C10H10N2O2S.C9H7NOS.C8H5NO2S.5CH4/c1-3-25-19(24)15-10-16(13-7-8-14-17(9-13)26-11-20-14)23(22-15)18-6-4-5-12(2)21-18;1-10-3-2-4-16(19-10)21-14(8-13(20-21)17(22)23)11-5-6-12-15(7-11)24-9-18-12;1-2-18-13(17)11(16)6-10(15)8-3-4-9-12(5-8)19-7-14-9;1-12(14-2)10(13)7-3-4-8-9(5-7)15-6-11-8;1-6(11)7-2-3-8-9(4-7)12-5-10-8;10-8(11)5-1-2-6-7(3-5)12-4-9-6;;;;;/h4-11H,3H2,1-2H3;2-9H,1H3,(H,22,23);3-7,15H,2H2,1H3;3-6H,1-2H3;2-5H,1H3;1-4H,(H,10,11);5*1H4. The third-order valence-electron chi connectivity index (χ3n) is 15.4. The van der Waals surface area contributed by atoms with Crippen molar-refractivity contribution in [2.75, 3.05) is 27.4 Å². The van der Waals surface area contributed by atoms with Crippen molar-refractivity contribution in [2.24, 2.45) is 0 Å². The number of aliphatic hydroxyl groups excluding tert-OH is 1. The number of aromatic nitrogens is 12. The molecule has 0 radical (unpaired) electrons. The van der Waals surface area contributed by atoms with Crippen LogP contribution in [0.2, 0.25) is 0 Å². The Balaban J connectivity index is 0.000000214. The normalized spacial score (nSPS) is 10.4. The number of fused-ring (bicyclic) bond motifs is 6. The number of pyridine rings is 2. The number of thiazole rings is 6. The maximum absolute atomic E-state index is 12.2. The molecule has 0 aliphatic heterocycles. The number of carboxylic acid groups (broad SMARTS) is 2. The topological polar surface area (TPSA) is 350 Å². The highest BCUT2D eigenvalue weighted by atomic mass is 32.1. The zero-order valence-electron chi connectivity index (χ0n) is 58.2. The lowest BCUT2D eigenvalue weighted by atomic mass is 10.1. The summed E-state index contributed by atoms with van der Waals surface area (Å²) in [5, 5.41) is 37.6. The summed E-state index contributed by atoms with van der Waals surface area (Å²) in [7, 11) is 3.04. The number of carbonyl (C=O) groups excluding carboxylic acids is 5. The summed E-state index contributed by atoms with van der Waals surface area (Å²) in [6.45, 7) is 9.17. The van der Waals surface area contributed by atoms with E-state index in [1.54, 1.807) is 159 Å². The molecule has 16 rings (SSSR count). The lowest BCUT2D eigenvalue weighted by molar-refractivity contribution is -0.151. The quantitative estimate of drug-likeness (QED) is 0.0214. The van der Waals surface area contributed by atoms with E-state index in [1.807, 2.05) is 116 Å². The molecule has 0 bridgehead atoms. The Hall–Kier alpha value is -12.4. The second-order valence-corrected chi connectivity index (χ2v) is 27.9. The summed E-state index contributed by atoms with van der Waals surface area (Å²) in [6.07, 6.45) is 0.861. The highest BCUT2D eigenvalue weighted by Gasteiger charge is 2.22. The van der Waals surface area contributed by atoms with E-state index in [0.29, 0.717) is 40.6 Å². The Labute approximate surface area is 674 Å². The number of ether oxygens (including phenoxy) is 2. The van der Waals surface area contributed by atoms with Crippen molar-refractivity contribution < 1.29 is 63.2 Å². The summed E-state index contributed by atoms with van der Waals surface area (Å²) < 4.78 is 18.9. The minimum absolute atomic E-state index is 0. The van der Waals surface area contributed by atoms with Crippen molar-refractivity contribution in [3.63, 3.8) is 0 Å². The van der Waals surface area contributed by atoms with Crippen molar-refractivity contribution in [1.82, 2.24) is 64.5 Å². The lowest BCUT2D eigenvalue weighted by Crippen LogP contribution is -2.25. The van der Waals surface area contributed by atoms with E-state index in [4.69, 9.17) is 14.7 Å². The minimum atomic E-state index is -1.07. The number of rotatable bonds is 15. The Morgan fingerprint density at radius 1 is 0.442 bits per heavy atom. The highest BCUT2D eigenvalue weighted by Crippen LogP contribution is 2.32. The number of carboxylic acids is 2. The number of Topliss-reactive ketones (excluding diaryl/α,β-unsaturated/α-hetero) is 1. The molecule has 0 aliphatic carbocycles. The first-order chi connectivity index (χ1) is 52.1. The number of aliphatic hydroxyl groups is 1. The second kappa shape index (κ2) is 41.6. The monoisotopic (exact) mass is 1640 g/mol. The van der Waals surface area contributed by atoms with E-state index in [2.05, 4.69) is 54.8 Å². The van der Waals surface area contributed by atoms with Crippen molar-refractivity contribution in [3.05, 3.63) is 242 Å². The Morgan fingerprint density at radius 3 is 1.20 bits per heavy atom. The van der Waals surface area contributed by atoms with Gasteiger partial charge in [-0.05, 0) is 168 Å². The van der Waals surface area contributed by atoms with E-state index >= 15 is 0 Å². The molecular weight excluding hydrogens is 1560 g/mol. The predicted octanol–water partition coefficient (Wildman–Crippen LogP) is 19.5. The van der Waals surface area contributed by atoms with Gasteiger partial charge >= 0.3 is 23.9 Å². The molecule has 0 spiro atoms. The van der Waals surface area contributed by atoms with Gasteiger partial charge in [-0.2, -0.15) is 10.2 Å². The molecule has 6 aromatic carbocycles. The molecule has 3 N–H and O–H groups in total. The van der Waals surface area contributed by atoms with Gasteiger partial charge in [0.2, 0.25) is 0 Å². The van der Waals surface area contributed by atoms with Crippen LogP contribution in [-0.4, -0.2) is 149 Å². The first-order valence-electron chi connectivity index (χ1n) is 32.3. The number of amides is 1. The molecule has 0 saturated carbocycles. The van der Waals surface area contributed by atoms with Crippen molar-refractivity contribution in [1.29, 1.82) is 0 Å². The van der Waals surface area contributed by atoms with Gasteiger partial charge in [-0.15, -0.1) is 68.0 Å². The number of hydroxylamine groups is 2. The van der Waals surface area contributed by atoms with Crippen LogP contribution in [-0.2, 0) is 23.9 Å². The third kappa shape index (κ3) is 22.4. The zero-order valence-corrected chi connectivity index (χ0v) is 63.1. The molecule has 0 fully saturated rings. The largest absolute Gasteiger partial charge is 0.507 e. The maximum atomic E-state index is 12.2. The van der Waals surface area contributed by atoms with E-state index < -0.39 is 29.7 Å². The fourth-order valence-electron chi connectivity index (χ4n) is 10.1. The van der Waals surface area contributed by atoms with Gasteiger partial charge in [0.25, 0.3) is 11.7 Å². The van der Waals surface area contributed by atoms with Crippen LogP contribution in [0.3, 0.4) is 0 Å². The number of ketones is 2. The molecule has 26 nitrogen and oxygen atoms in total. The van der Waals surface area contributed by atoms with Crippen LogP contribution < -0.4 is 0 Å². The van der Waals surface area contributed by atoms with Crippen LogP contribution in [0.1, 0.15) is 127 Å². The number of benzene rings is 6. The van der Waals surface area contributed by atoms with Crippen LogP contribution in [0.4, 0.5) is 0 Å². The van der Waals surface area contributed by atoms with Gasteiger partial charge in [0, 0.05) is 52.3 Å². The van der Waals surface area contributed by atoms with E-state index in [9.17, 15) is 43.8 Å². The number of hydrogen-bond acceptors (Lipinski definition) is 27. The number of esters is 2. The molecule has 16 aromatic rings. The van der Waals surface area contributed by atoms with Crippen LogP contribution in [0.5, 0.6) is 0 Å². The molecule has 10 aromatic heterocycles. The van der Waals surface area contributed by atoms with Gasteiger partial charge < -0.3 is 24.8 Å². The van der Waals surface area contributed by atoms with E-state index in [0.717, 1.165) is 101 Å². The van der Waals surface area contributed by atoms with E-state index in [-0.39, 0.29) is 72.6 Å². The maximum Gasteiger partial charge on any atom is 0.379 e. The number of aryl methyl sites for hydroxylation is 2. The van der Waals surface area contributed by atoms with Crippen LogP contribution in [0.25, 0.3) is 101 Å². The summed E-state index contributed by atoms with van der Waals surface area (Å²) in [5.74, 6) is -3.36. The lowest BCUT2D eigenvalue weighted by Gasteiger charge is -2.13. The summed E-state index contributed by atoms with van der Waals surface area (Å²) in [4.78, 5) is 118. The Morgan fingerprint density at radius 2 is 0.805 bits per heavy atom. The molecular formula is C81H81N13O13S6. The Bertz CT molecular complexity index is 5930. The molecule has 584 valence electrons. The summed E-state index contributed by atoms with van der Waals surface area (Å²) in [6, 6.07) is 47.3. The van der Waals surface area contributed by atoms with Gasteiger partial charge in [-0.1, -0.05) is 61.4 Å². The molecule has 0 unspecified atom stereocenters. The van der Waals surface area contributed by atoms with Gasteiger partial charge in [-0.3, -0.25) is 19.2 Å². The number of hydrogen-bond donors (Lipinski definition) is 3. The van der Waals surface area contributed by atoms with Crippen LogP contribution in [0, 0.1) is 13.8 Å². The fraction of sp³-hybridized carbons (Fsp3) is 0.173. The first-order valence-corrected chi connectivity index (χ1v) is 37.6. The SMILES string of the molecule is C.C.C.C.C.CC(=O)c1ccc2ncsc2c1.CCOC(=O)C(=O)C=C(O)c1ccc2ncsc2c1.CCOC(=O)c1cc(-c2ccc3ncsc3c2)n(-c2cccc(C)n2)n1.CON(C)C(=O)c1ccc2ncsc2c1.Cc1cccc(-n2nc(C(=O)O)cc2-c2ccc3ncsc3c2)n1.O=C(O)c1ccc2ncsc2c1. The first kappa shape index (κ1) is 89.5. The van der Waals surface area contributed by atoms with Gasteiger partial charge in [0.05, 0.1) is 132 Å². The average molecular weight is 1640 g/mol. The second-order valence-electron chi connectivity index (χ2n) is 22.6. The number of carbonyl (C=O) groups is 7. The average Bonchev–Trinajstić information content (AvgIpc) is 1.40. The van der Waals surface area contributed by atoms with Crippen LogP contribution in [0.15, 0.2) is 197 Å².